The third kappa shape index (κ3) is 1.46. The van der Waals surface area contributed by atoms with Crippen LogP contribution in [0.25, 0.3) is 10.2 Å². The average Bonchev–Trinajstić information content (AvgIpc) is 2.59. The zero-order valence-electron chi connectivity index (χ0n) is 7.85. The zero-order chi connectivity index (χ0) is 10.1. The molecule has 0 spiro atoms. The monoisotopic (exact) mass is 209 g/mol. The highest BCUT2D eigenvalue weighted by molar-refractivity contribution is 7.20. The second-order valence-electron chi connectivity index (χ2n) is 2.87. The van der Waals surface area contributed by atoms with E-state index in [0.29, 0.717) is 5.01 Å². The van der Waals surface area contributed by atoms with E-state index in [9.17, 15) is 4.79 Å². The van der Waals surface area contributed by atoms with Gasteiger partial charge in [-0.05, 0) is 0 Å². The quantitative estimate of drug-likeness (QED) is 0.518. The fourth-order valence-electron chi connectivity index (χ4n) is 1.15. The summed E-state index contributed by atoms with van der Waals surface area (Å²) in [5.41, 5.74) is 0.827. The van der Waals surface area contributed by atoms with Gasteiger partial charge in [-0.1, -0.05) is 0 Å². The maximum absolute atomic E-state index is 11.2. The van der Waals surface area contributed by atoms with Gasteiger partial charge in [0.1, 0.15) is 11.7 Å². The first kappa shape index (κ1) is 9.08. The lowest BCUT2D eigenvalue weighted by Gasteiger charge is -1.89. The number of rotatable bonds is 1. The fourth-order valence-corrected chi connectivity index (χ4v) is 2.10. The van der Waals surface area contributed by atoms with Crippen molar-refractivity contribution in [2.75, 3.05) is 7.11 Å². The lowest BCUT2D eigenvalue weighted by Crippen LogP contribution is -2.25. The highest BCUT2D eigenvalue weighted by Gasteiger charge is 2.13. The number of carbonyl (C=O) groups is 1. The van der Waals surface area contributed by atoms with Crippen molar-refractivity contribution in [1.82, 2.24) is 4.98 Å². The molecule has 0 atom stereocenters. The van der Waals surface area contributed by atoms with Gasteiger partial charge in [0.25, 0.3) is 0 Å². The van der Waals surface area contributed by atoms with Gasteiger partial charge >= 0.3 is 5.97 Å². The van der Waals surface area contributed by atoms with Gasteiger partial charge in [0.15, 0.2) is 12.4 Å². The van der Waals surface area contributed by atoms with E-state index < -0.39 is 0 Å². The number of methoxy groups -OCH3 is 1. The summed E-state index contributed by atoms with van der Waals surface area (Å²) in [5.74, 6) is -0.381. The van der Waals surface area contributed by atoms with E-state index >= 15 is 0 Å². The van der Waals surface area contributed by atoms with Crippen LogP contribution in [0.4, 0.5) is 0 Å². The third-order valence-electron chi connectivity index (χ3n) is 1.83. The first-order valence-corrected chi connectivity index (χ1v) is 4.86. The van der Waals surface area contributed by atoms with E-state index in [4.69, 9.17) is 0 Å². The SMILES string of the molecule is COC(=O)c1nc2cc[n+](C)cc2s1. The van der Waals surface area contributed by atoms with E-state index in [-0.39, 0.29) is 5.97 Å². The van der Waals surface area contributed by atoms with Crippen LogP contribution >= 0.6 is 11.3 Å². The average molecular weight is 209 g/mol. The van der Waals surface area contributed by atoms with Crippen LogP contribution in [0.2, 0.25) is 0 Å². The second kappa shape index (κ2) is 3.34. The summed E-state index contributed by atoms with van der Waals surface area (Å²) in [6.07, 6.45) is 3.82. The predicted molar refractivity (Wildman–Crippen MR) is 52.1 cm³/mol. The lowest BCUT2D eigenvalue weighted by atomic mass is 10.4. The molecule has 0 unspecified atom stereocenters. The fraction of sp³-hybridized carbons (Fsp3) is 0.222. The van der Waals surface area contributed by atoms with Crippen molar-refractivity contribution in [1.29, 1.82) is 0 Å². The van der Waals surface area contributed by atoms with Gasteiger partial charge in [0, 0.05) is 6.07 Å². The van der Waals surface area contributed by atoms with E-state index in [2.05, 4.69) is 9.72 Å². The smallest absolute Gasteiger partial charge is 0.367 e. The maximum atomic E-state index is 11.2. The van der Waals surface area contributed by atoms with Crippen LogP contribution in [0, 0.1) is 0 Å². The molecule has 5 heteroatoms. The Morgan fingerprint density at radius 2 is 2.43 bits per heavy atom. The summed E-state index contributed by atoms with van der Waals surface area (Å²) in [7, 11) is 3.28. The number of thiazole rings is 1. The highest BCUT2D eigenvalue weighted by atomic mass is 32.1. The Morgan fingerprint density at radius 1 is 1.64 bits per heavy atom. The molecule has 2 aromatic heterocycles. The van der Waals surface area contributed by atoms with Crippen LogP contribution in [0.1, 0.15) is 9.80 Å². The molecule has 0 saturated heterocycles. The van der Waals surface area contributed by atoms with Crippen LogP contribution < -0.4 is 4.57 Å². The Morgan fingerprint density at radius 3 is 3.14 bits per heavy atom. The van der Waals surface area contributed by atoms with E-state index in [1.807, 2.05) is 30.1 Å². The minimum atomic E-state index is -0.381. The van der Waals surface area contributed by atoms with Gasteiger partial charge in [-0.15, -0.1) is 11.3 Å². The van der Waals surface area contributed by atoms with Crippen molar-refractivity contribution in [2.45, 2.75) is 0 Å². The summed E-state index contributed by atoms with van der Waals surface area (Å²) in [6, 6.07) is 1.87. The number of ether oxygens (including phenoxy) is 1. The van der Waals surface area contributed by atoms with Crippen LogP contribution in [0.5, 0.6) is 0 Å². The van der Waals surface area contributed by atoms with E-state index in [0.717, 1.165) is 10.2 Å². The normalized spacial score (nSPS) is 10.4. The van der Waals surface area contributed by atoms with Gasteiger partial charge in [-0.2, -0.15) is 0 Å². The molecule has 2 rings (SSSR count). The zero-order valence-corrected chi connectivity index (χ0v) is 8.67. The molecule has 0 fully saturated rings. The number of pyridine rings is 1. The van der Waals surface area contributed by atoms with Crippen molar-refractivity contribution in [3.63, 3.8) is 0 Å². The summed E-state index contributed by atoms with van der Waals surface area (Å²) in [6.45, 7) is 0. The molecule has 0 amide bonds. The largest absolute Gasteiger partial charge is 0.464 e. The highest BCUT2D eigenvalue weighted by Crippen LogP contribution is 2.20. The molecule has 0 aliphatic rings. The first-order chi connectivity index (χ1) is 6.70. The van der Waals surface area contributed by atoms with Crippen LogP contribution in [-0.2, 0) is 11.8 Å². The summed E-state index contributed by atoms with van der Waals surface area (Å²) >= 11 is 1.34. The molecule has 2 aromatic rings. The van der Waals surface area contributed by atoms with Crippen LogP contribution in [0.15, 0.2) is 18.5 Å². The van der Waals surface area contributed by atoms with Gasteiger partial charge in [-0.3, -0.25) is 0 Å². The maximum Gasteiger partial charge on any atom is 0.367 e. The Kier molecular flexibility index (Phi) is 2.17. The number of aryl methyl sites for hydroxylation is 1. The summed E-state index contributed by atoms with van der Waals surface area (Å²) in [4.78, 5) is 15.3. The molecule has 0 saturated carbocycles. The molecule has 0 N–H and O–H groups in total. The predicted octanol–water partition coefficient (Wildman–Crippen LogP) is 0.907. The molecule has 4 nitrogen and oxygen atoms in total. The number of carbonyl (C=O) groups excluding carboxylic acids is 1. The number of fused-ring (bicyclic) bond motifs is 1. The van der Waals surface area contributed by atoms with Crippen LogP contribution in [0.3, 0.4) is 0 Å². The molecule has 0 aliphatic heterocycles. The van der Waals surface area contributed by atoms with Crippen molar-refractivity contribution in [3.05, 3.63) is 23.5 Å². The molecule has 0 aromatic carbocycles. The van der Waals surface area contributed by atoms with Gasteiger partial charge in [0.05, 0.1) is 12.6 Å². The first-order valence-electron chi connectivity index (χ1n) is 4.05. The number of esters is 1. The molecular formula is C9H9N2O2S+. The molecule has 2 heterocycles. The van der Waals surface area contributed by atoms with Gasteiger partial charge < -0.3 is 4.74 Å². The Hall–Kier alpha value is -1.49. The number of aromatic nitrogens is 2. The number of hydrogen-bond acceptors (Lipinski definition) is 4. The van der Waals surface area contributed by atoms with Crippen LogP contribution in [-0.4, -0.2) is 18.1 Å². The van der Waals surface area contributed by atoms with Gasteiger partial charge in [-0.25, -0.2) is 14.3 Å². The molecule has 0 aliphatic carbocycles. The number of hydrogen-bond donors (Lipinski definition) is 0. The molecule has 72 valence electrons. The molecule has 14 heavy (non-hydrogen) atoms. The Labute approximate surface area is 84.8 Å². The minimum absolute atomic E-state index is 0.381. The molecule has 0 bridgehead atoms. The van der Waals surface area contributed by atoms with Crippen molar-refractivity contribution < 1.29 is 14.1 Å². The minimum Gasteiger partial charge on any atom is -0.464 e. The molecular weight excluding hydrogens is 200 g/mol. The Balaban J connectivity index is 2.56. The summed E-state index contributed by atoms with van der Waals surface area (Å²) < 4.78 is 7.50. The standard InChI is InChI=1S/C9H9N2O2S/c1-11-4-3-6-7(5-11)14-8(10-6)9(12)13-2/h3-5H,1-2H3/q+1. The Bertz CT molecular complexity index is 493. The third-order valence-corrected chi connectivity index (χ3v) is 2.82. The molecule has 0 radical (unpaired) electrons. The van der Waals surface area contributed by atoms with E-state index in [1.54, 1.807) is 0 Å². The number of nitrogens with zero attached hydrogens (tertiary/aromatic N) is 2. The lowest BCUT2D eigenvalue weighted by molar-refractivity contribution is -0.670. The summed E-state index contributed by atoms with van der Waals surface area (Å²) in [5, 5.41) is 0.397. The van der Waals surface area contributed by atoms with Crippen molar-refractivity contribution >= 4 is 27.5 Å². The van der Waals surface area contributed by atoms with Crippen molar-refractivity contribution in [3.8, 4) is 0 Å². The topological polar surface area (TPSA) is 43.1 Å². The van der Waals surface area contributed by atoms with Gasteiger partial charge in [0.2, 0.25) is 5.01 Å². The van der Waals surface area contributed by atoms with Crippen molar-refractivity contribution in [2.24, 2.45) is 7.05 Å². The van der Waals surface area contributed by atoms with E-state index in [1.165, 1.54) is 18.4 Å². The second-order valence-corrected chi connectivity index (χ2v) is 3.90.